The molecule has 0 aliphatic rings. The van der Waals surface area contributed by atoms with Crippen LogP contribution in [-0.4, -0.2) is 15.2 Å². The summed E-state index contributed by atoms with van der Waals surface area (Å²) in [5, 5.41) is 15.3. The monoisotopic (exact) mass is 304 g/mol. The Morgan fingerprint density at radius 1 is 0.857 bits per heavy atom. The van der Waals surface area contributed by atoms with E-state index in [1.165, 1.54) is 16.1 Å². The minimum atomic E-state index is -0.0803. The molecule has 0 aliphatic heterocycles. The van der Waals surface area contributed by atoms with Crippen LogP contribution in [0.25, 0.3) is 0 Å². The molecule has 0 radical (unpaired) electrons. The van der Waals surface area contributed by atoms with Crippen LogP contribution in [0, 0.1) is 6.92 Å². The van der Waals surface area contributed by atoms with E-state index in [1.807, 2.05) is 12.1 Å². The maximum Gasteiger partial charge on any atom is -0.0138 e. The topological polar surface area (TPSA) is 23.1 Å². The van der Waals surface area contributed by atoms with Crippen LogP contribution in [0.4, 0.5) is 0 Å². The van der Waals surface area contributed by atoms with Crippen LogP contribution in [0.5, 0.6) is 5.75 Å². The molecule has 1 aromatic rings. The van der Waals surface area contributed by atoms with E-state index >= 15 is 0 Å². The van der Waals surface area contributed by atoms with Gasteiger partial charge >= 0.3 is 39.6 Å². The third-order valence-corrected chi connectivity index (χ3v) is 4.58. The van der Waals surface area contributed by atoms with Gasteiger partial charge in [-0.1, -0.05) is 59.2 Å². The SMILES string of the molecule is C[CH2][Al+][CH2]C.Cc1cc(C(C)(C)C)c([O-])c(C(C)(C)C)c1. The Morgan fingerprint density at radius 2 is 1.19 bits per heavy atom. The van der Waals surface area contributed by atoms with Crippen molar-refractivity contribution in [1.82, 2.24) is 0 Å². The van der Waals surface area contributed by atoms with Gasteiger partial charge < -0.3 is 5.11 Å². The van der Waals surface area contributed by atoms with Gasteiger partial charge in [-0.05, 0) is 28.9 Å². The van der Waals surface area contributed by atoms with Crippen molar-refractivity contribution < 1.29 is 5.11 Å². The van der Waals surface area contributed by atoms with Gasteiger partial charge in [-0.3, -0.25) is 0 Å². The Kier molecular flexibility index (Phi) is 8.08. The van der Waals surface area contributed by atoms with Crippen LogP contribution in [0.15, 0.2) is 12.1 Å². The molecule has 21 heavy (non-hydrogen) atoms. The number of hydrogen-bond acceptors (Lipinski definition) is 1. The van der Waals surface area contributed by atoms with E-state index in [9.17, 15) is 5.11 Å². The molecule has 0 spiro atoms. The number of benzene rings is 1. The smallest absolute Gasteiger partial charge is 0.0138 e. The Morgan fingerprint density at radius 3 is 1.38 bits per heavy atom. The Hall–Kier alpha value is -0.448. The molecule has 0 aliphatic carbocycles. The quantitative estimate of drug-likeness (QED) is 0.686. The summed E-state index contributed by atoms with van der Waals surface area (Å²) in [7, 11) is 0. The summed E-state index contributed by atoms with van der Waals surface area (Å²) >= 11 is 0.815. The zero-order valence-electron chi connectivity index (χ0n) is 15.6. The fourth-order valence-corrected chi connectivity index (χ4v) is 2.75. The van der Waals surface area contributed by atoms with Crippen LogP contribution in [0.1, 0.15) is 72.1 Å². The third kappa shape index (κ3) is 6.90. The summed E-state index contributed by atoms with van der Waals surface area (Å²) in [4.78, 5) is 0. The summed E-state index contributed by atoms with van der Waals surface area (Å²) in [6, 6.07) is 4.05. The molecule has 2 heteroatoms. The van der Waals surface area contributed by atoms with Gasteiger partial charge in [0, 0.05) is 0 Å². The molecule has 0 bridgehead atoms. The van der Waals surface area contributed by atoms with E-state index in [2.05, 4.69) is 62.3 Å². The van der Waals surface area contributed by atoms with Gasteiger partial charge in [0.05, 0.1) is 0 Å². The third-order valence-electron chi connectivity index (χ3n) is 3.43. The Labute approximate surface area is 138 Å². The molecule has 0 N–H and O–H groups in total. The minimum absolute atomic E-state index is 0.0803. The molecule has 1 aromatic carbocycles. The molecular formula is C19H33AlO. The van der Waals surface area contributed by atoms with Crippen LogP contribution in [0.2, 0.25) is 10.6 Å². The maximum absolute atomic E-state index is 12.4. The summed E-state index contributed by atoms with van der Waals surface area (Å²) < 4.78 is 0. The van der Waals surface area contributed by atoms with Crippen molar-refractivity contribution in [2.75, 3.05) is 0 Å². The van der Waals surface area contributed by atoms with Crippen molar-refractivity contribution in [3.05, 3.63) is 28.8 Å². The summed E-state index contributed by atoms with van der Waals surface area (Å²) in [5.41, 5.74) is 2.87. The standard InChI is InChI=1S/C15H24O.2C2H5.Al/c1-10-8-11(14(2,3)4)13(16)12(9-10)15(5,6)7;2*1-2;/h8-9,16H,1-7H3;2*1H2,2H3;/q;;;+1/p-1. The molecule has 0 aromatic heterocycles. The molecule has 1 rings (SSSR count). The number of aryl methyl sites for hydroxylation is 1. The Bertz CT molecular complexity index is 399. The fraction of sp³-hybridized carbons (Fsp3) is 0.684. The van der Waals surface area contributed by atoms with E-state index in [-0.39, 0.29) is 16.6 Å². The molecular weight excluding hydrogens is 271 g/mol. The van der Waals surface area contributed by atoms with Gasteiger partial charge in [0.15, 0.2) is 0 Å². The van der Waals surface area contributed by atoms with Gasteiger partial charge in [-0.2, -0.15) is 0 Å². The van der Waals surface area contributed by atoms with Crippen molar-refractivity contribution >= 4 is 15.2 Å². The van der Waals surface area contributed by atoms with Crippen LogP contribution >= 0.6 is 0 Å². The molecule has 0 saturated carbocycles. The first kappa shape index (κ1) is 20.6. The largest absolute Gasteiger partial charge is 0.872 e. The molecule has 0 fully saturated rings. The zero-order chi connectivity index (χ0) is 16.8. The van der Waals surface area contributed by atoms with Crippen molar-refractivity contribution in [3.63, 3.8) is 0 Å². The average molecular weight is 304 g/mol. The average Bonchev–Trinajstić information content (AvgIpc) is 2.31. The van der Waals surface area contributed by atoms with E-state index in [0.717, 1.165) is 26.3 Å². The molecule has 1 nitrogen and oxygen atoms in total. The van der Waals surface area contributed by atoms with E-state index in [4.69, 9.17) is 0 Å². The van der Waals surface area contributed by atoms with Gasteiger partial charge in [-0.15, -0.1) is 5.75 Å². The van der Waals surface area contributed by atoms with Crippen LogP contribution < -0.4 is 5.11 Å². The zero-order valence-corrected chi connectivity index (χ0v) is 16.7. The molecule has 0 atom stereocenters. The predicted octanol–water partition coefficient (Wildman–Crippen LogP) is 5.23. The van der Waals surface area contributed by atoms with E-state index in [1.54, 1.807) is 0 Å². The van der Waals surface area contributed by atoms with Crippen LogP contribution in [-0.2, 0) is 10.8 Å². The second-order valence-corrected chi connectivity index (χ2v) is 10.0. The predicted molar refractivity (Wildman–Crippen MR) is 94.7 cm³/mol. The van der Waals surface area contributed by atoms with Gasteiger partial charge in [-0.25, -0.2) is 0 Å². The number of hydrogen-bond donors (Lipinski definition) is 0. The summed E-state index contributed by atoms with van der Waals surface area (Å²) in [5.74, 6) is 0.214. The van der Waals surface area contributed by atoms with Crippen molar-refractivity contribution in [3.8, 4) is 5.75 Å². The molecule has 0 saturated heterocycles. The molecule has 0 unspecified atom stereocenters. The summed E-state index contributed by atoms with van der Waals surface area (Å²) in [6.07, 6.45) is 0. The van der Waals surface area contributed by atoms with E-state index < -0.39 is 0 Å². The first-order valence-corrected chi connectivity index (χ1v) is 9.72. The van der Waals surface area contributed by atoms with Crippen molar-refractivity contribution in [1.29, 1.82) is 0 Å². The van der Waals surface area contributed by atoms with E-state index in [0.29, 0.717) is 0 Å². The van der Waals surface area contributed by atoms with Crippen molar-refractivity contribution in [2.45, 2.75) is 83.7 Å². The maximum atomic E-state index is 12.4. The number of rotatable bonds is 2. The molecule has 118 valence electrons. The normalized spacial score (nSPS) is 11.5. The molecule has 0 heterocycles. The second kappa shape index (κ2) is 8.26. The minimum Gasteiger partial charge on any atom is -0.872 e. The fourth-order valence-electron chi connectivity index (χ4n) is 2.18. The van der Waals surface area contributed by atoms with Gasteiger partial charge in [0.2, 0.25) is 0 Å². The van der Waals surface area contributed by atoms with Crippen LogP contribution in [0.3, 0.4) is 0 Å². The van der Waals surface area contributed by atoms with Crippen molar-refractivity contribution in [2.24, 2.45) is 0 Å². The Balaban J connectivity index is 0.000000690. The first-order chi connectivity index (χ1) is 9.45. The van der Waals surface area contributed by atoms with Gasteiger partial charge in [0.25, 0.3) is 0 Å². The summed E-state index contributed by atoms with van der Waals surface area (Å²) in [6.45, 7) is 19.1. The second-order valence-electron chi connectivity index (χ2n) is 7.79. The van der Waals surface area contributed by atoms with Gasteiger partial charge in [0.1, 0.15) is 0 Å². The molecule has 0 amide bonds. The first-order valence-electron chi connectivity index (χ1n) is 8.09.